The first-order chi connectivity index (χ1) is 13.4. The number of likely N-dealkylation sites (tertiary alicyclic amines) is 1. The van der Waals surface area contributed by atoms with Crippen LogP contribution in [0.4, 0.5) is 23.8 Å². The van der Waals surface area contributed by atoms with E-state index in [0.29, 0.717) is 37.3 Å². The van der Waals surface area contributed by atoms with Gasteiger partial charge >= 0.3 is 12.2 Å². The number of urea groups is 1. The van der Waals surface area contributed by atoms with Crippen LogP contribution in [0.5, 0.6) is 0 Å². The van der Waals surface area contributed by atoms with Gasteiger partial charge in [-0.15, -0.1) is 0 Å². The number of alkyl halides is 3. The lowest BCUT2D eigenvalue weighted by Crippen LogP contribution is -2.40. The number of anilines is 1. The van der Waals surface area contributed by atoms with Crippen molar-refractivity contribution in [3.8, 4) is 0 Å². The van der Waals surface area contributed by atoms with E-state index >= 15 is 0 Å². The number of fused-ring (bicyclic) bond motifs is 1. The van der Waals surface area contributed by atoms with Crippen LogP contribution in [-0.4, -0.2) is 34.2 Å². The van der Waals surface area contributed by atoms with Crippen molar-refractivity contribution in [2.24, 2.45) is 0 Å². The van der Waals surface area contributed by atoms with Gasteiger partial charge < -0.3 is 4.90 Å². The fourth-order valence-electron chi connectivity index (χ4n) is 3.62. The second-order valence-corrected chi connectivity index (χ2v) is 6.93. The Morgan fingerprint density at radius 2 is 1.86 bits per heavy atom. The Labute approximate surface area is 159 Å². The van der Waals surface area contributed by atoms with Gasteiger partial charge in [0.15, 0.2) is 5.82 Å². The molecule has 1 aromatic heterocycles. The van der Waals surface area contributed by atoms with Gasteiger partial charge in [0.2, 0.25) is 0 Å². The summed E-state index contributed by atoms with van der Waals surface area (Å²) in [5.74, 6) is 0.484. The van der Waals surface area contributed by atoms with Gasteiger partial charge in [-0.25, -0.2) is 4.79 Å². The summed E-state index contributed by atoms with van der Waals surface area (Å²) in [6.45, 7) is 0.963. The van der Waals surface area contributed by atoms with Gasteiger partial charge in [-0.2, -0.15) is 18.3 Å². The van der Waals surface area contributed by atoms with Crippen LogP contribution in [0.2, 0.25) is 0 Å². The molecule has 5 nitrogen and oxygen atoms in total. The molecule has 28 heavy (non-hydrogen) atoms. The zero-order valence-electron chi connectivity index (χ0n) is 15.0. The molecule has 8 heteroatoms. The summed E-state index contributed by atoms with van der Waals surface area (Å²) in [7, 11) is 0. The molecule has 0 unspecified atom stereocenters. The maximum atomic E-state index is 12.9. The maximum Gasteiger partial charge on any atom is 0.416 e. The zero-order valence-corrected chi connectivity index (χ0v) is 15.0. The van der Waals surface area contributed by atoms with Crippen molar-refractivity contribution in [1.29, 1.82) is 0 Å². The zero-order chi connectivity index (χ0) is 19.7. The Morgan fingerprint density at radius 1 is 1.11 bits per heavy atom. The number of halogens is 3. The number of nitrogens with one attached hydrogen (secondary N) is 2. The smallest absolute Gasteiger partial charge is 0.324 e. The summed E-state index contributed by atoms with van der Waals surface area (Å²) < 4.78 is 38.8. The van der Waals surface area contributed by atoms with Gasteiger partial charge in [0.25, 0.3) is 0 Å². The molecule has 2 heterocycles. The van der Waals surface area contributed by atoms with Crippen LogP contribution < -0.4 is 5.32 Å². The largest absolute Gasteiger partial charge is 0.416 e. The average molecular weight is 388 g/mol. The molecule has 1 fully saturated rings. The number of hydrogen-bond donors (Lipinski definition) is 2. The third-order valence-electron chi connectivity index (χ3n) is 5.16. The molecule has 3 aromatic rings. The van der Waals surface area contributed by atoms with E-state index in [9.17, 15) is 18.0 Å². The topological polar surface area (TPSA) is 61.0 Å². The fraction of sp³-hybridized carbons (Fsp3) is 0.300. The lowest BCUT2D eigenvalue weighted by atomic mass is 9.88. The normalized spacial score (nSPS) is 15.8. The van der Waals surface area contributed by atoms with Crippen LogP contribution in [0, 0.1) is 0 Å². The molecule has 1 aliphatic heterocycles. The SMILES string of the molecule is O=C(Nc1n[nH]c2ccccc12)N1CCC(c2cccc(C(F)(F)F)c2)CC1. The Bertz CT molecular complexity index is 990. The monoisotopic (exact) mass is 388 g/mol. The lowest BCUT2D eigenvalue weighted by molar-refractivity contribution is -0.137. The number of para-hydroxylation sites is 1. The van der Waals surface area contributed by atoms with E-state index in [1.807, 2.05) is 24.3 Å². The second-order valence-electron chi connectivity index (χ2n) is 6.93. The van der Waals surface area contributed by atoms with Crippen molar-refractivity contribution in [1.82, 2.24) is 15.1 Å². The third-order valence-corrected chi connectivity index (χ3v) is 5.16. The number of nitrogens with zero attached hydrogens (tertiary/aromatic N) is 2. The highest BCUT2D eigenvalue weighted by atomic mass is 19.4. The van der Waals surface area contributed by atoms with E-state index in [0.717, 1.165) is 17.0 Å². The molecule has 1 saturated heterocycles. The lowest BCUT2D eigenvalue weighted by Gasteiger charge is -2.32. The number of benzene rings is 2. The predicted molar refractivity (Wildman–Crippen MR) is 100 cm³/mol. The fourth-order valence-corrected chi connectivity index (χ4v) is 3.62. The molecule has 146 valence electrons. The van der Waals surface area contributed by atoms with Crippen LogP contribution >= 0.6 is 0 Å². The van der Waals surface area contributed by atoms with Crippen LogP contribution in [0.3, 0.4) is 0 Å². The molecule has 0 spiro atoms. The molecule has 0 saturated carbocycles. The van der Waals surface area contributed by atoms with Crippen LogP contribution in [0.15, 0.2) is 48.5 Å². The second kappa shape index (κ2) is 7.18. The minimum atomic E-state index is -4.34. The predicted octanol–water partition coefficient (Wildman–Crippen LogP) is 4.99. The van der Waals surface area contributed by atoms with Crippen LogP contribution in [-0.2, 0) is 6.18 Å². The maximum absolute atomic E-state index is 12.9. The van der Waals surface area contributed by atoms with E-state index in [1.165, 1.54) is 12.1 Å². The van der Waals surface area contributed by atoms with E-state index in [1.54, 1.807) is 11.0 Å². The minimum absolute atomic E-state index is 0.0116. The average Bonchev–Trinajstić information content (AvgIpc) is 3.10. The molecule has 4 rings (SSSR count). The molecule has 0 bridgehead atoms. The summed E-state index contributed by atoms with van der Waals surface area (Å²) in [5, 5.41) is 10.6. The van der Waals surface area contributed by atoms with Crippen molar-refractivity contribution in [2.45, 2.75) is 24.9 Å². The first kappa shape index (κ1) is 18.3. The van der Waals surface area contributed by atoms with Gasteiger partial charge in [0, 0.05) is 18.5 Å². The molecular formula is C20H19F3N4O. The van der Waals surface area contributed by atoms with Crippen LogP contribution in [0.25, 0.3) is 10.9 Å². The summed E-state index contributed by atoms with van der Waals surface area (Å²) >= 11 is 0. The number of aromatic nitrogens is 2. The summed E-state index contributed by atoms with van der Waals surface area (Å²) in [6, 6.07) is 12.7. The molecule has 0 radical (unpaired) electrons. The summed E-state index contributed by atoms with van der Waals surface area (Å²) in [4.78, 5) is 14.2. The van der Waals surface area contributed by atoms with Crippen molar-refractivity contribution in [2.75, 3.05) is 18.4 Å². The van der Waals surface area contributed by atoms with E-state index in [4.69, 9.17) is 0 Å². The highest BCUT2D eigenvalue weighted by molar-refractivity contribution is 5.98. The number of amides is 2. The van der Waals surface area contributed by atoms with E-state index < -0.39 is 11.7 Å². The first-order valence-corrected chi connectivity index (χ1v) is 9.08. The molecule has 1 aliphatic rings. The number of piperidine rings is 1. The Kier molecular flexibility index (Phi) is 4.70. The Balaban J connectivity index is 1.39. The van der Waals surface area contributed by atoms with Gasteiger partial charge in [-0.3, -0.25) is 10.4 Å². The van der Waals surface area contributed by atoms with Crippen molar-refractivity contribution < 1.29 is 18.0 Å². The van der Waals surface area contributed by atoms with Crippen molar-refractivity contribution in [3.05, 3.63) is 59.7 Å². The van der Waals surface area contributed by atoms with Crippen molar-refractivity contribution in [3.63, 3.8) is 0 Å². The van der Waals surface area contributed by atoms with Gasteiger partial charge in [-0.05, 0) is 42.5 Å². The Morgan fingerprint density at radius 3 is 2.61 bits per heavy atom. The van der Waals surface area contributed by atoms with E-state index in [2.05, 4.69) is 15.5 Å². The van der Waals surface area contributed by atoms with Gasteiger partial charge in [-0.1, -0.05) is 30.3 Å². The number of rotatable bonds is 2. The third kappa shape index (κ3) is 3.67. The number of aromatic amines is 1. The minimum Gasteiger partial charge on any atom is -0.324 e. The highest BCUT2D eigenvalue weighted by Crippen LogP contribution is 2.34. The molecule has 2 N–H and O–H groups in total. The van der Waals surface area contributed by atoms with Crippen molar-refractivity contribution >= 4 is 22.8 Å². The van der Waals surface area contributed by atoms with Crippen LogP contribution in [0.1, 0.15) is 29.9 Å². The number of H-pyrrole nitrogens is 1. The summed E-state index contributed by atoms with van der Waals surface area (Å²) in [5.41, 5.74) is 0.879. The molecule has 0 aliphatic carbocycles. The highest BCUT2D eigenvalue weighted by Gasteiger charge is 2.32. The summed E-state index contributed by atoms with van der Waals surface area (Å²) in [6.07, 6.45) is -3.10. The first-order valence-electron chi connectivity index (χ1n) is 9.08. The Hall–Kier alpha value is -3.03. The van der Waals surface area contributed by atoms with Gasteiger partial charge in [0.05, 0.1) is 11.1 Å². The van der Waals surface area contributed by atoms with E-state index in [-0.39, 0.29) is 11.9 Å². The number of hydrogen-bond acceptors (Lipinski definition) is 2. The number of carbonyl (C=O) groups is 1. The molecule has 0 atom stereocenters. The molecule has 2 aromatic carbocycles. The quantitative estimate of drug-likeness (QED) is 0.650. The molecular weight excluding hydrogens is 369 g/mol. The standard InChI is InChI=1S/C20H19F3N4O/c21-20(22,23)15-5-3-4-14(12-15)13-8-10-27(11-9-13)19(28)24-18-16-6-1-2-7-17(16)25-26-18/h1-7,12-13H,8-11H2,(H2,24,25,26,28). The number of carbonyl (C=O) groups excluding carboxylic acids is 1. The molecule has 2 amide bonds. The van der Waals surface area contributed by atoms with Gasteiger partial charge in [0.1, 0.15) is 0 Å².